The van der Waals surface area contributed by atoms with Gasteiger partial charge in [-0.25, -0.2) is 14.8 Å². The predicted octanol–water partition coefficient (Wildman–Crippen LogP) is 2.54. The van der Waals surface area contributed by atoms with Gasteiger partial charge in [-0.1, -0.05) is 6.92 Å². The third kappa shape index (κ3) is 3.21. The van der Waals surface area contributed by atoms with Crippen LogP contribution in [0.3, 0.4) is 0 Å². The van der Waals surface area contributed by atoms with E-state index in [1.165, 1.54) is 0 Å². The van der Waals surface area contributed by atoms with Crippen molar-refractivity contribution in [2.45, 2.75) is 26.3 Å². The molecule has 1 fully saturated rings. The summed E-state index contributed by atoms with van der Waals surface area (Å²) in [6, 6.07) is 3.88. The third-order valence-corrected chi connectivity index (χ3v) is 4.41. The number of aromatic nitrogens is 3. The smallest absolute Gasteiger partial charge is 0.341 e. The SMILES string of the molecule is CCOC(=O)c1cccnc1N1CC[C@@H](C)[C@H](n2ccnc2)C1. The van der Waals surface area contributed by atoms with Crippen LogP contribution in [-0.2, 0) is 4.74 Å². The average Bonchev–Trinajstić information content (AvgIpc) is 3.10. The number of nitrogens with zero attached hydrogens (tertiary/aromatic N) is 4. The molecule has 3 rings (SSSR count). The second kappa shape index (κ2) is 6.81. The Labute approximate surface area is 136 Å². The molecule has 2 aromatic rings. The van der Waals surface area contributed by atoms with Gasteiger partial charge < -0.3 is 14.2 Å². The molecule has 0 unspecified atom stereocenters. The number of hydrogen-bond acceptors (Lipinski definition) is 5. The molecule has 0 radical (unpaired) electrons. The number of carbonyl (C=O) groups excluding carboxylic acids is 1. The van der Waals surface area contributed by atoms with E-state index >= 15 is 0 Å². The fourth-order valence-corrected chi connectivity index (χ4v) is 3.11. The lowest BCUT2D eigenvalue weighted by atomic mass is 9.93. The number of esters is 1. The van der Waals surface area contributed by atoms with Crippen LogP contribution in [0.5, 0.6) is 0 Å². The van der Waals surface area contributed by atoms with Crippen LogP contribution < -0.4 is 4.90 Å². The summed E-state index contributed by atoms with van der Waals surface area (Å²) >= 11 is 0. The normalized spacial score (nSPS) is 21.2. The van der Waals surface area contributed by atoms with Gasteiger partial charge in [0, 0.05) is 31.7 Å². The van der Waals surface area contributed by atoms with Crippen LogP contribution in [0.2, 0.25) is 0 Å². The molecule has 122 valence electrons. The molecule has 1 saturated heterocycles. The Kier molecular flexibility index (Phi) is 4.60. The van der Waals surface area contributed by atoms with E-state index < -0.39 is 0 Å². The summed E-state index contributed by atoms with van der Waals surface area (Å²) in [6.07, 6.45) is 8.42. The highest BCUT2D eigenvalue weighted by Gasteiger charge is 2.30. The van der Waals surface area contributed by atoms with Gasteiger partial charge >= 0.3 is 5.97 Å². The number of piperidine rings is 1. The number of ether oxygens (including phenoxy) is 1. The molecule has 6 nitrogen and oxygen atoms in total. The van der Waals surface area contributed by atoms with Gasteiger partial charge in [0.1, 0.15) is 11.4 Å². The Morgan fingerprint density at radius 1 is 1.43 bits per heavy atom. The predicted molar refractivity (Wildman–Crippen MR) is 87.5 cm³/mol. The second-order valence-electron chi connectivity index (χ2n) is 5.88. The van der Waals surface area contributed by atoms with Crippen molar-refractivity contribution < 1.29 is 9.53 Å². The Bertz CT molecular complexity index is 656. The fraction of sp³-hybridized carbons (Fsp3) is 0.471. The molecule has 1 aliphatic heterocycles. The van der Waals surface area contributed by atoms with Crippen molar-refractivity contribution in [3.63, 3.8) is 0 Å². The maximum absolute atomic E-state index is 12.2. The summed E-state index contributed by atoms with van der Waals surface area (Å²) in [5, 5.41) is 0. The quantitative estimate of drug-likeness (QED) is 0.812. The number of imidazole rings is 1. The molecule has 6 heteroatoms. The van der Waals surface area contributed by atoms with Gasteiger partial charge in [-0.2, -0.15) is 0 Å². The van der Waals surface area contributed by atoms with Crippen molar-refractivity contribution in [1.29, 1.82) is 0 Å². The highest BCUT2D eigenvalue weighted by molar-refractivity contribution is 5.94. The Balaban J connectivity index is 1.86. The topological polar surface area (TPSA) is 60.2 Å². The van der Waals surface area contributed by atoms with Crippen LogP contribution in [0.1, 0.15) is 36.7 Å². The molecule has 0 N–H and O–H groups in total. The summed E-state index contributed by atoms with van der Waals surface area (Å²) < 4.78 is 7.30. The van der Waals surface area contributed by atoms with Gasteiger partial charge in [0.2, 0.25) is 0 Å². The van der Waals surface area contributed by atoms with E-state index in [1.54, 1.807) is 24.5 Å². The van der Waals surface area contributed by atoms with E-state index in [2.05, 4.69) is 26.4 Å². The standard InChI is InChI=1S/C17H22N4O2/c1-3-23-17(22)14-5-4-7-19-16(14)20-9-6-13(2)15(11-20)21-10-8-18-12-21/h4-5,7-8,10,12-13,15H,3,6,9,11H2,1-2H3/t13-,15-/m1/s1. The number of rotatable bonds is 4. The molecule has 0 amide bonds. The third-order valence-electron chi connectivity index (χ3n) is 4.41. The lowest BCUT2D eigenvalue weighted by molar-refractivity contribution is 0.0526. The van der Waals surface area contributed by atoms with Crippen molar-refractivity contribution in [1.82, 2.24) is 14.5 Å². The van der Waals surface area contributed by atoms with Crippen LogP contribution in [0.25, 0.3) is 0 Å². The highest BCUT2D eigenvalue weighted by Crippen LogP contribution is 2.31. The Morgan fingerprint density at radius 3 is 3.04 bits per heavy atom. The van der Waals surface area contributed by atoms with Crippen molar-refractivity contribution >= 4 is 11.8 Å². The van der Waals surface area contributed by atoms with Crippen LogP contribution in [0.4, 0.5) is 5.82 Å². The number of pyridine rings is 1. The number of carbonyl (C=O) groups is 1. The summed E-state index contributed by atoms with van der Waals surface area (Å²) in [5.41, 5.74) is 0.535. The molecule has 0 spiro atoms. The van der Waals surface area contributed by atoms with Crippen molar-refractivity contribution in [3.8, 4) is 0 Å². The van der Waals surface area contributed by atoms with E-state index in [0.29, 0.717) is 29.9 Å². The van der Waals surface area contributed by atoms with Gasteiger partial charge in [0.25, 0.3) is 0 Å². The second-order valence-corrected chi connectivity index (χ2v) is 5.88. The molecule has 2 atom stereocenters. The molecule has 3 heterocycles. The zero-order chi connectivity index (χ0) is 16.2. The van der Waals surface area contributed by atoms with E-state index in [0.717, 1.165) is 19.5 Å². The van der Waals surface area contributed by atoms with Gasteiger partial charge in [-0.3, -0.25) is 0 Å². The Hall–Kier alpha value is -2.37. The molecule has 23 heavy (non-hydrogen) atoms. The molecular weight excluding hydrogens is 292 g/mol. The van der Waals surface area contributed by atoms with E-state index in [-0.39, 0.29) is 5.97 Å². The summed E-state index contributed by atoms with van der Waals surface area (Å²) in [5.74, 6) is 0.951. The monoisotopic (exact) mass is 314 g/mol. The van der Waals surface area contributed by atoms with Crippen LogP contribution in [-0.4, -0.2) is 40.2 Å². The fourth-order valence-electron chi connectivity index (χ4n) is 3.11. The van der Waals surface area contributed by atoms with Gasteiger partial charge in [0.05, 0.1) is 19.0 Å². The van der Waals surface area contributed by atoms with Crippen molar-refractivity contribution in [2.75, 3.05) is 24.6 Å². The number of hydrogen-bond donors (Lipinski definition) is 0. The zero-order valence-electron chi connectivity index (χ0n) is 13.6. The number of anilines is 1. The molecule has 0 bridgehead atoms. The molecule has 0 aromatic carbocycles. The average molecular weight is 314 g/mol. The largest absolute Gasteiger partial charge is 0.462 e. The minimum Gasteiger partial charge on any atom is -0.462 e. The first-order chi connectivity index (χ1) is 11.2. The van der Waals surface area contributed by atoms with Crippen LogP contribution >= 0.6 is 0 Å². The lowest BCUT2D eigenvalue weighted by Gasteiger charge is -2.38. The van der Waals surface area contributed by atoms with E-state index in [9.17, 15) is 4.79 Å². The van der Waals surface area contributed by atoms with Gasteiger partial charge in [-0.15, -0.1) is 0 Å². The Morgan fingerprint density at radius 2 is 2.30 bits per heavy atom. The van der Waals surface area contributed by atoms with Crippen molar-refractivity contribution in [2.24, 2.45) is 5.92 Å². The van der Waals surface area contributed by atoms with Crippen LogP contribution in [0.15, 0.2) is 37.1 Å². The van der Waals surface area contributed by atoms with Gasteiger partial charge in [-0.05, 0) is 31.4 Å². The summed E-state index contributed by atoms with van der Waals surface area (Å²) in [4.78, 5) is 23.0. The summed E-state index contributed by atoms with van der Waals surface area (Å²) in [7, 11) is 0. The maximum atomic E-state index is 12.2. The van der Waals surface area contributed by atoms with Crippen molar-refractivity contribution in [3.05, 3.63) is 42.6 Å². The first kappa shape index (κ1) is 15.5. The van der Waals surface area contributed by atoms with Crippen LogP contribution in [0, 0.1) is 5.92 Å². The van der Waals surface area contributed by atoms with Gasteiger partial charge in [0.15, 0.2) is 0 Å². The highest BCUT2D eigenvalue weighted by atomic mass is 16.5. The first-order valence-corrected chi connectivity index (χ1v) is 8.05. The maximum Gasteiger partial charge on any atom is 0.341 e. The molecular formula is C17H22N4O2. The first-order valence-electron chi connectivity index (χ1n) is 8.05. The minimum atomic E-state index is -0.312. The van der Waals surface area contributed by atoms with E-state index in [1.807, 2.05) is 19.4 Å². The zero-order valence-corrected chi connectivity index (χ0v) is 13.6. The van der Waals surface area contributed by atoms with E-state index in [4.69, 9.17) is 4.74 Å². The minimum absolute atomic E-state index is 0.312. The molecule has 0 aliphatic carbocycles. The summed E-state index contributed by atoms with van der Waals surface area (Å²) in [6.45, 7) is 6.12. The molecule has 1 aliphatic rings. The molecule has 0 saturated carbocycles. The molecule has 2 aromatic heterocycles. The lowest BCUT2D eigenvalue weighted by Crippen LogP contribution is -2.41.